The van der Waals surface area contributed by atoms with Crippen molar-refractivity contribution in [3.63, 3.8) is 0 Å². The van der Waals surface area contributed by atoms with Gasteiger partial charge in [-0.05, 0) is 36.4 Å². The predicted octanol–water partition coefficient (Wildman–Crippen LogP) is 5.88. The standard InChI is InChI=1S/C19H13F3O4/c20-19(21,22)26-18-9-3-8-17(12-18)25-16-7-2-6-15(11-16)24-14-5-1-4-13(23)10-14/h1-12,23H. The number of hydrogen-bond acceptors (Lipinski definition) is 4. The number of halogens is 3. The molecule has 0 heterocycles. The van der Waals surface area contributed by atoms with Crippen molar-refractivity contribution in [2.45, 2.75) is 6.36 Å². The number of benzene rings is 3. The third kappa shape index (κ3) is 5.07. The van der Waals surface area contributed by atoms with Crippen molar-refractivity contribution in [3.8, 4) is 34.5 Å². The molecule has 0 radical (unpaired) electrons. The molecule has 0 aromatic heterocycles. The molecule has 0 spiro atoms. The highest BCUT2D eigenvalue weighted by Gasteiger charge is 2.31. The minimum atomic E-state index is -4.77. The highest BCUT2D eigenvalue weighted by atomic mass is 19.4. The van der Waals surface area contributed by atoms with Crippen LogP contribution in [0.2, 0.25) is 0 Å². The number of phenolic OH excluding ortho intramolecular Hbond substituents is 1. The fourth-order valence-corrected chi connectivity index (χ4v) is 2.16. The van der Waals surface area contributed by atoms with Crippen molar-refractivity contribution >= 4 is 0 Å². The van der Waals surface area contributed by atoms with Gasteiger partial charge >= 0.3 is 6.36 Å². The number of ether oxygens (including phenoxy) is 3. The van der Waals surface area contributed by atoms with Gasteiger partial charge in [0.1, 0.15) is 34.5 Å². The molecule has 0 aliphatic rings. The summed E-state index contributed by atoms with van der Waals surface area (Å²) in [5, 5.41) is 9.45. The van der Waals surface area contributed by atoms with Gasteiger partial charge in [0.25, 0.3) is 0 Å². The Kier molecular flexibility index (Phi) is 4.88. The molecule has 26 heavy (non-hydrogen) atoms. The van der Waals surface area contributed by atoms with Crippen LogP contribution in [0.1, 0.15) is 0 Å². The Hall–Kier alpha value is -3.35. The second-order valence-corrected chi connectivity index (χ2v) is 5.20. The molecule has 0 atom stereocenters. The fraction of sp³-hybridized carbons (Fsp3) is 0.0526. The molecule has 7 heteroatoms. The highest BCUT2D eigenvalue weighted by Crippen LogP contribution is 2.31. The second kappa shape index (κ2) is 7.26. The van der Waals surface area contributed by atoms with Gasteiger partial charge in [-0.15, -0.1) is 13.2 Å². The van der Waals surface area contributed by atoms with E-state index < -0.39 is 6.36 Å². The monoisotopic (exact) mass is 362 g/mol. The SMILES string of the molecule is Oc1cccc(Oc2cccc(Oc3cccc(OC(F)(F)F)c3)c2)c1. The van der Waals surface area contributed by atoms with E-state index in [-0.39, 0.29) is 17.2 Å². The van der Waals surface area contributed by atoms with Crippen molar-refractivity contribution in [2.24, 2.45) is 0 Å². The normalized spacial score (nSPS) is 11.0. The lowest BCUT2D eigenvalue weighted by molar-refractivity contribution is -0.274. The summed E-state index contributed by atoms with van der Waals surface area (Å²) in [5.41, 5.74) is 0. The van der Waals surface area contributed by atoms with E-state index in [9.17, 15) is 18.3 Å². The molecule has 0 aliphatic heterocycles. The predicted molar refractivity (Wildman–Crippen MR) is 87.8 cm³/mol. The van der Waals surface area contributed by atoms with Crippen LogP contribution in [0.15, 0.2) is 72.8 Å². The van der Waals surface area contributed by atoms with Crippen molar-refractivity contribution in [3.05, 3.63) is 72.8 Å². The zero-order valence-corrected chi connectivity index (χ0v) is 13.2. The molecule has 0 aliphatic carbocycles. The largest absolute Gasteiger partial charge is 0.573 e. The van der Waals surface area contributed by atoms with Gasteiger partial charge in [-0.25, -0.2) is 0 Å². The lowest BCUT2D eigenvalue weighted by Crippen LogP contribution is -2.16. The molecule has 0 saturated heterocycles. The first-order valence-corrected chi connectivity index (χ1v) is 7.48. The van der Waals surface area contributed by atoms with Crippen LogP contribution < -0.4 is 14.2 Å². The molecule has 0 fully saturated rings. The summed E-state index contributed by atoms with van der Waals surface area (Å²) in [7, 11) is 0. The Morgan fingerprint density at radius 1 is 0.615 bits per heavy atom. The van der Waals surface area contributed by atoms with Gasteiger partial charge in [-0.3, -0.25) is 0 Å². The summed E-state index contributed by atoms with van der Waals surface area (Å²) < 4.78 is 51.9. The van der Waals surface area contributed by atoms with Gasteiger partial charge in [0, 0.05) is 18.2 Å². The maximum Gasteiger partial charge on any atom is 0.573 e. The Balaban J connectivity index is 1.74. The molecule has 1 N–H and O–H groups in total. The van der Waals surface area contributed by atoms with Gasteiger partial charge in [0.2, 0.25) is 0 Å². The summed E-state index contributed by atoms with van der Waals surface area (Å²) in [4.78, 5) is 0. The van der Waals surface area contributed by atoms with Gasteiger partial charge in [-0.2, -0.15) is 0 Å². The van der Waals surface area contributed by atoms with Crippen LogP contribution in [0.25, 0.3) is 0 Å². The van der Waals surface area contributed by atoms with E-state index in [0.29, 0.717) is 17.2 Å². The average molecular weight is 362 g/mol. The number of hydrogen-bond donors (Lipinski definition) is 1. The number of aromatic hydroxyl groups is 1. The molecule has 0 amide bonds. The topological polar surface area (TPSA) is 47.9 Å². The van der Waals surface area contributed by atoms with E-state index in [0.717, 1.165) is 6.07 Å². The summed E-state index contributed by atoms with van der Waals surface area (Å²) in [6.45, 7) is 0. The number of alkyl halides is 3. The van der Waals surface area contributed by atoms with E-state index in [2.05, 4.69) is 4.74 Å². The van der Waals surface area contributed by atoms with E-state index in [1.807, 2.05) is 0 Å². The third-order valence-electron chi connectivity index (χ3n) is 3.13. The summed E-state index contributed by atoms with van der Waals surface area (Å²) in [5.74, 6) is 1.12. The molecule has 4 nitrogen and oxygen atoms in total. The van der Waals surface area contributed by atoms with Crippen molar-refractivity contribution in [2.75, 3.05) is 0 Å². The minimum absolute atomic E-state index is 0.0661. The van der Waals surface area contributed by atoms with Crippen LogP contribution in [0.3, 0.4) is 0 Å². The zero-order valence-electron chi connectivity index (χ0n) is 13.2. The Bertz CT molecular complexity index is 894. The van der Waals surface area contributed by atoms with E-state index in [1.54, 1.807) is 36.4 Å². The summed E-state index contributed by atoms with van der Waals surface area (Å²) in [6.07, 6.45) is -4.77. The number of phenols is 1. The molecule has 134 valence electrons. The fourth-order valence-electron chi connectivity index (χ4n) is 2.16. The van der Waals surface area contributed by atoms with E-state index in [1.165, 1.54) is 30.3 Å². The summed E-state index contributed by atoms with van der Waals surface area (Å²) >= 11 is 0. The maximum atomic E-state index is 12.3. The molecule has 3 aromatic rings. The summed E-state index contributed by atoms with van der Waals surface area (Å²) in [6, 6.07) is 18.0. The Morgan fingerprint density at radius 2 is 1.04 bits per heavy atom. The Labute approximate surface area is 147 Å². The lowest BCUT2D eigenvalue weighted by atomic mass is 10.3. The van der Waals surface area contributed by atoms with Gasteiger partial charge in [-0.1, -0.05) is 18.2 Å². The van der Waals surface area contributed by atoms with Gasteiger partial charge < -0.3 is 19.3 Å². The van der Waals surface area contributed by atoms with Crippen LogP contribution in [0.4, 0.5) is 13.2 Å². The van der Waals surface area contributed by atoms with Crippen LogP contribution in [-0.4, -0.2) is 11.5 Å². The van der Waals surface area contributed by atoms with Crippen LogP contribution in [0.5, 0.6) is 34.5 Å². The lowest BCUT2D eigenvalue weighted by Gasteiger charge is -2.11. The first-order chi connectivity index (χ1) is 12.4. The average Bonchev–Trinajstić information content (AvgIpc) is 2.54. The first-order valence-electron chi connectivity index (χ1n) is 7.48. The van der Waals surface area contributed by atoms with E-state index in [4.69, 9.17) is 9.47 Å². The molecule has 3 aromatic carbocycles. The number of rotatable bonds is 5. The molecular weight excluding hydrogens is 349 g/mol. The van der Waals surface area contributed by atoms with Gasteiger partial charge in [0.15, 0.2) is 0 Å². The van der Waals surface area contributed by atoms with E-state index >= 15 is 0 Å². The smallest absolute Gasteiger partial charge is 0.508 e. The van der Waals surface area contributed by atoms with Crippen LogP contribution in [-0.2, 0) is 0 Å². The molecule has 0 bridgehead atoms. The van der Waals surface area contributed by atoms with Crippen molar-refractivity contribution in [1.29, 1.82) is 0 Å². The Morgan fingerprint density at radius 3 is 1.54 bits per heavy atom. The highest BCUT2D eigenvalue weighted by molar-refractivity contribution is 5.42. The molecular formula is C19H13F3O4. The molecule has 3 rings (SSSR count). The minimum Gasteiger partial charge on any atom is -0.508 e. The van der Waals surface area contributed by atoms with Gasteiger partial charge in [0.05, 0.1) is 0 Å². The zero-order chi connectivity index (χ0) is 18.6. The van der Waals surface area contributed by atoms with Crippen molar-refractivity contribution < 1.29 is 32.5 Å². The molecule has 0 unspecified atom stereocenters. The second-order valence-electron chi connectivity index (χ2n) is 5.20. The first kappa shape index (κ1) is 17.5. The van der Waals surface area contributed by atoms with Crippen LogP contribution in [0, 0.1) is 0 Å². The molecule has 0 saturated carbocycles. The van der Waals surface area contributed by atoms with Crippen LogP contribution >= 0.6 is 0 Å². The quantitative estimate of drug-likeness (QED) is 0.616. The third-order valence-corrected chi connectivity index (χ3v) is 3.13. The van der Waals surface area contributed by atoms with Crippen molar-refractivity contribution in [1.82, 2.24) is 0 Å². The maximum absolute atomic E-state index is 12.3.